The Hall–Kier alpha value is -1.29. The van der Waals surface area contributed by atoms with E-state index in [0.29, 0.717) is 12.6 Å². The Morgan fingerprint density at radius 1 is 1.47 bits per heavy atom. The Labute approximate surface area is 101 Å². The van der Waals surface area contributed by atoms with Crippen molar-refractivity contribution in [3.05, 3.63) is 24.2 Å². The summed E-state index contributed by atoms with van der Waals surface area (Å²) in [4.78, 5) is 14.4. The third-order valence-electron chi connectivity index (χ3n) is 3.54. The Balaban J connectivity index is 1.68. The number of carbonyl (C=O) groups is 1. The van der Waals surface area contributed by atoms with Gasteiger partial charge < -0.3 is 14.6 Å². The van der Waals surface area contributed by atoms with E-state index in [9.17, 15) is 4.79 Å². The Morgan fingerprint density at radius 3 is 2.94 bits per heavy atom. The van der Waals surface area contributed by atoms with Gasteiger partial charge >= 0.3 is 0 Å². The summed E-state index contributed by atoms with van der Waals surface area (Å²) in [5.74, 6) is 1.13. The highest BCUT2D eigenvalue weighted by Gasteiger charge is 2.36. The van der Waals surface area contributed by atoms with E-state index in [0.717, 1.165) is 38.0 Å². The quantitative estimate of drug-likeness (QED) is 0.859. The van der Waals surface area contributed by atoms with Gasteiger partial charge in [0.05, 0.1) is 18.8 Å². The molecule has 0 aromatic carbocycles. The number of nitrogens with one attached hydrogen (secondary N) is 1. The van der Waals surface area contributed by atoms with E-state index in [2.05, 4.69) is 5.32 Å². The molecule has 2 aliphatic rings. The van der Waals surface area contributed by atoms with Crippen LogP contribution >= 0.6 is 0 Å². The summed E-state index contributed by atoms with van der Waals surface area (Å²) in [5.41, 5.74) is 0. The lowest BCUT2D eigenvalue weighted by Gasteiger charge is -2.24. The van der Waals surface area contributed by atoms with Gasteiger partial charge in [-0.05, 0) is 44.4 Å². The molecule has 1 aliphatic carbocycles. The zero-order chi connectivity index (χ0) is 11.7. The molecule has 0 bridgehead atoms. The van der Waals surface area contributed by atoms with Crippen molar-refractivity contribution in [3.8, 4) is 0 Å². The zero-order valence-electron chi connectivity index (χ0n) is 9.89. The van der Waals surface area contributed by atoms with Gasteiger partial charge in [0.1, 0.15) is 5.76 Å². The van der Waals surface area contributed by atoms with Gasteiger partial charge in [-0.25, -0.2) is 0 Å². The molecule has 1 aliphatic heterocycles. The van der Waals surface area contributed by atoms with Gasteiger partial charge in [0.15, 0.2) is 0 Å². The first-order valence-electron chi connectivity index (χ1n) is 6.41. The molecule has 92 valence electrons. The largest absolute Gasteiger partial charge is 0.467 e. The van der Waals surface area contributed by atoms with Gasteiger partial charge in [-0.15, -0.1) is 0 Å². The van der Waals surface area contributed by atoms with Crippen molar-refractivity contribution < 1.29 is 9.21 Å². The average molecular weight is 234 g/mol. The molecule has 1 amide bonds. The molecule has 3 rings (SSSR count). The molecule has 0 spiro atoms. The highest BCUT2D eigenvalue weighted by molar-refractivity contribution is 5.82. The van der Waals surface area contributed by atoms with E-state index in [-0.39, 0.29) is 11.9 Å². The maximum absolute atomic E-state index is 12.4. The molecule has 2 heterocycles. The Bertz CT molecular complexity index is 378. The predicted molar refractivity (Wildman–Crippen MR) is 63.3 cm³/mol. The molecule has 0 radical (unpaired) electrons. The van der Waals surface area contributed by atoms with Gasteiger partial charge in [0, 0.05) is 6.04 Å². The van der Waals surface area contributed by atoms with Gasteiger partial charge in [-0.3, -0.25) is 4.79 Å². The molecule has 1 aromatic heterocycles. The van der Waals surface area contributed by atoms with Gasteiger partial charge in [-0.1, -0.05) is 0 Å². The lowest BCUT2D eigenvalue weighted by molar-refractivity contribution is -0.134. The van der Waals surface area contributed by atoms with E-state index in [1.54, 1.807) is 6.26 Å². The Kier molecular flexibility index (Phi) is 2.89. The number of amides is 1. The van der Waals surface area contributed by atoms with Gasteiger partial charge in [0.2, 0.25) is 5.91 Å². The molecule has 1 N–H and O–H groups in total. The second-order valence-corrected chi connectivity index (χ2v) is 4.93. The maximum atomic E-state index is 12.4. The van der Waals surface area contributed by atoms with Crippen LogP contribution in [-0.4, -0.2) is 29.4 Å². The SMILES string of the molecule is O=C([C@@H]1CCCN1)N(Cc1ccco1)C1CC1. The van der Waals surface area contributed by atoms with Gasteiger partial charge in [-0.2, -0.15) is 0 Å². The molecule has 2 fully saturated rings. The molecule has 1 aromatic rings. The van der Waals surface area contributed by atoms with Crippen molar-refractivity contribution in [3.63, 3.8) is 0 Å². The topological polar surface area (TPSA) is 45.5 Å². The van der Waals surface area contributed by atoms with Crippen LogP contribution in [0.1, 0.15) is 31.4 Å². The van der Waals surface area contributed by atoms with Gasteiger partial charge in [0.25, 0.3) is 0 Å². The van der Waals surface area contributed by atoms with Crippen LogP contribution in [0.5, 0.6) is 0 Å². The van der Waals surface area contributed by atoms with Crippen LogP contribution in [0.15, 0.2) is 22.8 Å². The van der Waals surface area contributed by atoms with Crippen molar-refractivity contribution in [2.45, 2.75) is 44.3 Å². The third-order valence-corrected chi connectivity index (χ3v) is 3.54. The van der Waals surface area contributed by atoms with E-state index >= 15 is 0 Å². The Morgan fingerprint density at radius 2 is 2.35 bits per heavy atom. The highest BCUT2D eigenvalue weighted by Crippen LogP contribution is 2.29. The van der Waals surface area contributed by atoms with Crippen LogP contribution in [0.25, 0.3) is 0 Å². The molecule has 17 heavy (non-hydrogen) atoms. The molecular weight excluding hydrogens is 216 g/mol. The number of carbonyl (C=O) groups excluding carboxylic acids is 1. The molecule has 4 nitrogen and oxygen atoms in total. The average Bonchev–Trinajstić information content (AvgIpc) is 2.86. The van der Waals surface area contributed by atoms with E-state index in [1.165, 1.54) is 0 Å². The van der Waals surface area contributed by atoms with E-state index in [4.69, 9.17) is 4.42 Å². The minimum Gasteiger partial charge on any atom is -0.467 e. The summed E-state index contributed by atoms with van der Waals surface area (Å²) in [6.07, 6.45) is 6.02. The summed E-state index contributed by atoms with van der Waals surface area (Å²) < 4.78 is 5.34. The normalized spacial score (nSPS) is 23.9. The minimum atomic E-state index is 0.0329. The first-order valence-corrected chi connectivity index (χ1v) is 6.41. The first kappa shape index (κ1) is 10.8. The van der Waals surface area contributed by atoms with E-state index in [1.807, 2.05) is 17.0 Å². The molecular formula is C13H18N2O2. The fourth-order valence-corrected chi connectivity index (χ4v) is 2.44. The summed E-state index contributed by atoms with van der Waals surface area (Å²) in [7, 11) is 0. The van der Waals surface area contributed by atoms with Crippen LogP contribution in [0.3, 0.4) is 0 Å². The van der Waals surface area contributed by atoms with Crippen LogP contribution in [0.4, 0.5) is 0 Å². The number of rotatable bonds is 4. The van der Waals surface area contributed by atoms with Crippen molar-refractivity contribution in [2.75, 3.05) is 6.54 Å². The fraction of sp³-hybridized carbons (Fsp3) is 0.615. The third kappa shape index (κ3) is 2.36. The fourth-order valence-electron chi connectivity index (χ4n) is 2.44. The zero-order valence-corrected chi connectivity index (χ0v) is 9.89. The van der Waals surface area contributed by atoms with Crippen molar-refractivity contribution in [2.24, 2.45) is 0 Å². The first-order chi connectivity index (χ1) is 8.34. The number of hydrogen-bond acceptors (Lipinski definition) is 3. The summed E-state index contributed by atoms with van der Waals surface area (Å²) in [6, 6.07) is 4.28. The molecule has 0 unspecified atom stereocenters. The van der Waals surface area contributed by atoms with Crippen LogP contribution in [0, 0.1) is 0 Å². The molecule has 1 atom stereocenters. The van der Waals surface area contributed by atoms with Crippen molar-refractivity contribution >= 4 is 5.91 Å². The predicted octanol–water partition coefficient (Wildman–Crippen LogP) is 1.52. The smallest absolute Gasteiger partial charge is 0.240 e. The molecule has 4 heteroatoms. The second-order valence-electron chi connectivity index (χ2n) is 4.93. The summed E-state index contributed by atoms with van der Waals surface area (Å²) >= 11 is 0. The number of nitrogens with zero attached hydrogens (tertiary/aromatic N) is 1. The van der Waals surface area contributed by atoms with Crippen LogP contribution in [-0.2, 0) is 11.3 Å². The summed E-state index contributed by atoms with van der Waals surface area (Å²) in [5, 5.41) is 3.28. The monoisotopic (exact) mass is 234 g/mol. The van der Waals surface area contributed by atoms with Crippen molar-refractivity contribution in [1.29, 1.82) is 0 Å². The van der Waals surface area contributed by atoms with Crippen LogP contribution < -0.4 is 5.32 Å². The van der Waals surface area contributed by atoms with E-state index < -0.39 is 0 Å². The number of hydrogen-bond donors (Lipinski definition) is 1. The second kappa shape index (κ2) is 4.53. The lowest BCUT2D eigenvalue weighted by atomic mass is 10.2. The van der Waals surface area contributed by atoms with Crippen molar-refractivity contribution in [1.82, 2.24) is 10.2 Å². The highest BCUT2D eigenvalue weighted by atomic mass is 16.3. The number of furan rings is 1. The minimum absolute atomic E-state index is 0.0329. The van der Waals surface area contributed by atoms with Crippen LogP contribution in [0.2, 0.25) is 0 Å². The lowest BCUT2D eigenvalue weighted by Crippen LogP contribution is -2.44. The molecule has 1 saturated carbocycles. The molecule has 1 saturated heterocycles. The summed E-state index contributed by atoms with van der Waals surface area (Å²) in [6.45, 7) is 1.59. The standard InChI is InChI=1S/C13H18N2O2/c16-13(12-4-1-7-14-12)15(10-5-6-10)9-11-3-2-8-17-11/h2-3,8,10,12,14H,1,4-7,9H2/t12-/m0/s1. The maximum Gasteiger partial charge on any atom is 0.240 e.